The van der Waals surface area contributed by atoms with Crippen LogP contribution in [-0.4, -0.2) is 34.9 Å². The summed E-state index contributed by atoms with van der Waals surface area (Å²) in [6.07, 6.45) is 6.36. The first-order chi connectivity index (χ1) is 11.4. The Balaban J connectivity index is 1.77. The average molecular weight is 330 g/mol. The Morgan fingerprint density at radius 3 is 2.67 bits per heavy atom. The minimum absolute atomic E-state index is 0.000480. The number of allylic oxidation sites excluding steroid dienone is 3. The van der Waals surface area contributed by atoms with Gasteiger partial charge in [0.05, 0.1) is 11.7 Å². The summed E-state index contributed by atoms with van der Waals surface area (Å²) in [7, 11) is 0. The van der Waals surface area contributed by atoms with Crippen molar-refractivity contribution < 1.29 is 24.2 Å². The number of aliphatic hydroxyl groups excluding tert-OH is 1. The van der Waals surface area contributed by atoms with Crippen molar-refractivity contribution in [2.45, 2.75) is 44.8 Å². The first-order valence-electron chi connectivity index (χ1n) is 8.80. The van der Waals surface area contributed by atoms with Gasteiger partial charge in [-0.05, 0) is 30.6 Å². The molecular formula is C19H22O5. The van der Waals surface area contributed by atoms with Gasteiger partial charge in [0.1, 0.15) is 11.9 Å². The van der Waals surface area contributed by atoms with Gasteiger partial charge in [0.15, 0.2) is 5.78 Å². The second-order valence-electron chi connectivity index (χ2n) is 7.72. The SMILES string of the molecule is C[C@@H]1C[C@@H]2[C@H]3/C=C4\C(=O)C[C@@H](C[C@H](O)C[C@H]3C=C[C@@H]2C1=O)OC4=O. The normalized spacial score (nSPS) is 46.8. The molecule has 128 valence electrons. The van der Waals surface area contributed by atoms with Crippen LogP contribution in [-0.2, 0) is 19.1 Å². The fourth-order valence-electron chi connectivity index (χ4n) is 4.92. The lowest BCUT2D eigenvalue weighted by molar-refractivity contribution is -0.153. The quantitative estimate of drug-likeness (QED) is 0.414. The minimum atomic E-state index is -0.619. The standard InChI is InChI=1S/C19H22O5/c1-9-4-15-13(18(9)22)3-2-10-5-11(20)6-12-7-17(21)16(8-14(10)15)19(23)24-12/h2-3,8-15,20H,4-7H2,1H3/b16-8+/t9-,10-,11-,12-,13+,14+,15+/m1/s1. The number of carbonyl (C=O) groups is 3. The molecule has 5 rings (SSSR count). The first-order valence-corrected chi connectivity index (χ1v) is 8.80. The van der Waals surface area contributed by atoms with E-state index in [-0.39, 0.29) is 53.1 Å². The van der Waals surface area contributed by atoms with Crippen molar-refractivity contribution in [3.8, 4) is 0 Å². The molecule has 0 unspecified atom stereocenters. The zero-order chi connectivity index (χ0) is 17.0. The van der Waals surface area contributed by atoms with E-state index in [4.69, 9.17) is 4.74 Å². The third kappa shape index (κ3) is 2.46. The van der Waals surface area contributed by atoms with Crippen LogP contribution in [0.5, 0.6) is 0 Å². The molecule has 0 radical (unpaired) electrons. The van der Waals surface area contributed by atoms with E-state index in [1.807, 2.05) is 19.1 Å². The van der Waals surface area contributed by atoms with Crippen molar-refractivity contribution in [1.29, 1.82) is 0 Å². The van der Waals surface area contributed by atoms with Gasteiger partial charge in [0, 0.05) is 24.7 Å². The molecule has 24 heavy (non-hydrogen) atoms. The second kappa shape index (κ2) is 5.66. The number of aliphatic hydroxyl groups is 1. The molecule has 1 N–H and O–H groups in total. The van der Waals surface area contributed by atoms with Gasteiger partial charge in [-0.3, -0.25) is 9.59 Å². The van der Waals surface area contributed by atoms with E-state index in [0.29, 0.717) is 12.8 Å². The lowest BCUT2D eigenvalue weighted by atomic mass is 9.68. The predicted octanol–water partition coefficient (Wildman–Crippen LogP) is 1.60. The molecule has 3 aliphatic carbocycles. The highest BCUT2D eigenvalue weighted by Crippen LogP contribution is 2.47. The van der Waals surface area contributed by atoms with Crippen LogP contribution in [0.3, 0.4) is 0 Å². The van der Waals surface area contributed by atoms with E-state index in [2.05, 4.69) is 0 Å². The number of rotatable bonds is 0. The Morgan fingerprint density at radius 2 is 1.92 bits per heavy atom. The van der Waals surface area contributed by atoms with Crippen LogP contribution < -0.4 is 0 Å². The number of Topliss-reactive ketones (excluding diaryl/α,β-unsaturated/α-hetero) is 2. The van der Waals surface area contributed by atoms with Gasteiger partial charge < -0.3 is 9.84 Å². The summed E-state index contributed by atoms with van der Waals surface area (Å²) in [6, 6.07) is 0. The molecule has 0 aromatic rings. The summed E-state index contributed by atoms with van der Waals surface area (Å²) in [5.41, 5.74) is 0.138. The molecule has 1 saturated carbocycles. The van der Waals surface area contributed by atoms with Crippen molar-refractivity contribution in [3.63, 3.8) is 0 Å². The maximum absolute atomic E-state index is 12.4. The molecule has 1 saturated heterocycles. The van der Waals surface area contributed by atoms with E-state index < -0.39 is 18.2 Å². The molecule has 5 heteroatoms. The van der Waals surface area contributed by atoms with Crippen molar-refractivity contribution >= 4 is 17.5 Å². The second-order valence-corrected chi connectivity index (χ2v) is 7.72. The Kier molecular flexibility index (Phi) is 3.71. The van der Waals surface area contributed by atoms with Crippen LogP contribution in [0, 0.1) is 29.6 Å². The summed E-state index contributed by atoms with van der Waals surface area (Å²) in [5, 5.41) is 10.4. The highest BCUT2D eigenvalue weighted by molar-refractivity contribution is 6.18. The van der Waals surface area contributed by atoms with Crippen molar-refractivity contribution in [3.05, 3.63) is 23.8 Å². The lowest BCUT2D eigenvalue weighted by Crippen LogP contribution is -2.39. The number of hydrogen-bond donors (Lipinski definition) is 1. The average Bonchev–Trinajstić information content (AvgIpc) is 2.79. The lowest BCUT2D eigenvalue weighted by Gasteiger charge is -2.37. The van der Waals surface area contributed by atoms with Gasteiger partial charge in [-0.2, -0.15) is 0 Å². The van der Waals surface area contributed by atoms with Crippen LogP contribution >= 0.6 is 0 Å². The predicted molar refractivity (Wildman–Crippen MR) is 84.7 cm³/mol. The number of esters is 1. The minimum Gasteiger partial charge on any atom is -0.458 e. The van der Waals surface area contributed by atoms with Gasteiger partial charge in [-0.1, -0.05) is 25.2 Å². The Hall–Kier alpha value is -1.75. The molecule has 2 bridgehead atoms. The fourth-order valence-corrected chi connectivity index (χ4v) is 4.92. The molecule has 0 aromatic carbocycles. The highest BCUT2D eigenvalue weighted by Gasteiger charge is 2.47. The molecule has 5 aliphatic rings. The van der Waals surface area contributed by atoms with Gasteiger partial charge >= 0.3 is 5.97 Å². The van der Waals surface area contributed by atoms with Crippen LogP contribution in [0.15, 0.2) is 23.8 Å². The smallest absolute Gasteiger partial charge is 0.341 e. The van der Waals surface area contributed by atoms with Crippen molar-refractivity contribution in [2.75, 3.05) is 0 Å². The van der Waals surface area contributed by atoms with Crippen LogP contribution in [0.1, 0.15) is 32.6 Å². The third-order valence-corrected chi connectivity index (χ3v) is 6.10. The van der Waals surface area contributed by atoms with Crippen molar-refractivity contribution in [2.24, 2.45) is 29.6 Å². The third-order valence-electron chi connectivity index (χ3n) is 6.10. The fraction of sp³-hybridized carbons (Fsp3) is 0.632. The summed E-state index contributed by atoms with van der Waals surface area (Å²) in [6.45, 7) is 1.94. The number of ketones is 2. The van der Waals surface area contributed by atoms with Gasteiger partial charge in [0.25, 0.3) is 0 Å². The summed E-state index contributed by atoms with van der Waals surface area (Å²) >= 11 is 0. The maximum atomic E-state index is 12.4. The van der Waals surface area contributed by atoms with Crippen molar-refractivity contribution in [1.82, 2.24) is 0 Å². The summed E-state index contributed by atoms with van der Waals surface area (Å²) < 4.78 is 5.33. The van der Waals surface area contributed by atoms with E-state index in [0.717, 1.165) is 6.42 Å². The molecule has 0 amide bonds. The largest absolute Gasteiger partial charge is 0.458 e. The highest BCUT2D eigenvalue weighted by atomic mass is 16.5. The van der Waals surface area contributed by atoms with E-state index in [9.17, 15) is 19.5 Å². The zero-order valence-corrected chi connectivity index (χ0v) is 13.7. The van der Waals surface area contributed by atoms with E-state index in [1.54, 1.807) is 6.08 Å². The molecule has 5 nitrogen and oxygen atoms in total. The Bertz CT molecular complexity index is 641. The summed E-state index contributed by atoms with van der Waals surface area (Å²) in [4.78, 5) is 37.0. The molecule has 7 atom stereocenters. The van der Waals surface area contributed by atoms with Crippen LogP contribution in [0.2, 0.25) is 0 Å². The Morgan fingerprint density at radius 1 is 1.12 bits per heavy atom. The molecule has 0 aromatic heterocycles. The number of carbonyl (C=O) groups excluding carboxylic acids is 3. The topological polar surface area (TPSA) is 80.7 Å². The summed E-state index contributed by atoms with van der Waals surface area (Å²) in [5.74, 6) is -0.610. The molecule has 2 aliphatic heterocycles. The van der Waals surface area contributed by atoms with E-state index >= 15 is 0 Å². The van der Waals surface area contributed by atoms with Crippen LogP contribution in [0.4, 0.5) is 0 Å². The number of hydrogen-bond acceptors (Lipinski definition) is 5. The first kappa shape index (κ1) is 15.8. The maximum Gasteiger partial charge on any atom is 0.341 e. The van der Waals surface area contributed by atoms with E-state index in [1.165, 1.54) is 0 Å². The Labute approximate surface area is 140 Å². The van der Waals surface area contributed by atoms with Gasteiger partial charge in [0.2, 0.25) is 0 Å². The van der Waals surface area contributed by atoms with Gasteiger partial charge in [-0.25, -0.2) is 4.79 Å². The molecule has 2 fully saturated rings. The molecular weight excluding hydrogens is 308 g/mol. The number of ether oxygens (including phenoxy) is 1. The molecule has 0 spiro atoms. The van der Waals surface area contributed by atoms with Gasteiger partial charge in [-0.15, -0.1) is 0 Å². The van der Waals surface area contributed by atoms with Crippen LogP contribution in [0.25, 0.3) is 0 Å². The number of fused-ring (bicyclic) bond motifs is 5. The molecule has 2 heterocycles. The monoisotopic (exact) mass is 330 g/mol. The zero-order valence-electron chi connectivity index (χ0n) is 13.7.